The van der Waals surface area contributed by atoms with Gasteiger partial charge in [-0.05, 0) is 55.3 Å². The molecule has 3 N–H and O–H groups in total. The summed E-state index contributed by atoms with van der Waals surface area (Å²) in [6.45, 7) is 3.74. The van der Waals surface area contributed by atoms with E-state index in [9.17, 15) is 4.79 Å². The molecule has 1 heterocycles. The molecule has 0 bridgehead atoms. The van der Waals surface area contributed by atoms with Crippen LogP contribution in [0.15, 0.2) is 46.9 Å². The average molecular weight is 375 g/mol. The van der Waals surface area contributed by atoms with E-state index in [0.717, 1.165) is 16.7 Å². The Kier molecular flexibility index (Phi) is 4.75. The van der Waals surface area contributed by atoms with Gasteiger partial charge in [0.1, 0.15) is 5.76 Å². The monoisotopic (exact) mass is 374 g/mol. The van der Waals surface area contributed by atoms with Crippen molar-refractivity contribution in [2.24, 2.45) is 0 Å². The van der Waals surface area contributed by atoms with E-state index in [1.165, 1.54) is 0 Å². The van der Waals surface area contributed by atoms with Gasteiger partial charge in [-0.2, -0.15) is 0 Å². The maximum atomic E-state index is 12.4. The van der Waals surface area contributed by atoms with E-state index in [-0.39, 0.29) is 5.76 Å². The van der Waals surface area contributed by atoms with Crippen LogP contribution in [-0.4, -0.2) is 5.91 Å². The molecule has 25 heavy (non-hydrogen) atoms. The van der Waals surface area contributed by atoms with Crippen molar-refractivity contribution < 1.29 is 9.21 Å². The van der Waals surface area contributed by atoms with Gasteiger partial charge in [-0.15, -0.1) is 0 Å². The summed E-state index contributed by atoms with van der Waals surface area (Å²) in [7, 11) is 0. The minimum absolute atomic E-state index is 0.172. The van der Waals surface area contributed by atoms with Crippen LogP contribution in [0.2, 0.25) is 10.0 Å². The van der Waals surface area contributed by atoms with E-state index >= 15 is 0 Å². The van der Waals surface area contributed by atoms with Gasteiger partial charge in [-0.1, -0.05) is 35.3 Å². The highest BCUT2D eigenvalue weighted by atomic mass is 35.5. The normalized spacial score (nSPS) is 10.7. The predicted octanol–water partition coefficient (Wildman–Crippen LogP) is 5.70. The van der Waals surface area contributed by atoms with Crippen molar-refractivity contribution in [3.05, 3.63) is 69.4 Å². The summed E-state index contributed by atoms with van der Waals surface area (Å²) in [6, 6.07) is 12.2. The Balaban J connectivity index is 1.86. The summed E-state index contributed by atoms with van der Waals surface area (Å²) in [4.78, 5) is 12.4. The standard InChI is InChI=1S/C19H16Cl2N2O2/c1-10-8-15(22)16(9-14(10)21)23-19(24)18-7-6-17(25-18)12-4-3-5-13(20)11(12)2/h3-9H,22H2,1-2H3,(H,23,24). The molecule has 0 saturated heterocycles. The number of halogens is 2. The highest BCUT2D eigenvalue weighted by Gasteiger charge is 2.16. The number of nitrogens with two attached hydrogens (primary N) is 1. The zero-order valence-corrected chi connectivity index (χ0v) is 15.2. The lowest BCUT2D eigenvalue weighted by atomic mass is 10.1. The third kappa shape index (κ3) is 3.50. The molecule has 0 aliphatic rings. The van der Waals surface area contributed by atoms with E-state index in [2.05, 4.69) is 5.32 Å². The van der Waals surface area contributed by atoms with Crippen LogP contribution in [0.4, 0.5) is 11.4 Å². The molecule has 0 atom stereocenters. The summed E-state index contributed by atoms with van der Waals surface area (Å²) >= 11 is 12.2. The van der Waals surface area contributed by atoms with Crippen LogP contribution in [0, 0.1) is 13.8 Å². The topological polar surface area (TPSA) is 68.3 Å². The smallest absolute Gasteiger partial charge is 0.291 e. The van der Waals surface area contributed by atoms with Crippen molar-refractivity contribution >= 4 is 40.5 Å². The summed E-state index contributed by atoms with van der Waals surface area (Å²) in [6.07, 6.45) is 0. The zero-order chi connectivity index (χ0) is 18.1. The van der Waals surface area contributed by atoms with Crippen LogP contribution in [0.25, 0.3) is 11.3 Å². The number of hydrogen-bond acceptors (Lipinski definition) is 3. The molecule has 0 aliphatic heterocycles. The highest BCUT2D eigenvalue weighted by Crippen LogP contribution is 2.31. The van der Waals surface area contributed by atoms with Crippen LogP contribution in [-0.2, 0) is 0 Å². The lowest BCUT2D eigenvalue weighted by molar-refractivity contribution is 0.0997. The Labute approximate surface area is 155 Å². The van der Waals surface area contributed by atoms with Crippen LogP contribution in [0.5, 0.6) is 0 Å². The minimum atomic E-state index is -0.405. The fraction of sp³-hybridized carbons (Fsp3) is 0.105. The van der Waals surface area contributed by atoms with E-state index in [1.807, 2.05) is 26.0 Å². The minimum Gasteiger partial charge on any atom is -0.451 e. The van der Waals surface area contributed by atoms with Crippen LogP contribution in [0.3, 0.4) is 0 Å². The van der Waals surface area contributed by atoms with Gasteiger partial charge in [0.05, 0.1) is 11.4 Å². The van der Waals surface area contributed by atoms with Gasteiger partial charge >= 0.3 is 0 Å². The number of furan rings is 1. The Morgan fingerprint density at radius 3 is 2.60 bits per heavy atom. The Hall–Kier alpha value is -2.43. The van der Waals surface area contributed by atoms with E-state index in [4.69, 9.17) is 33.4 Å². The number of amides is 1. The second-order valence-corrected chi connectivity index (χ2v) is 6.53. The van der Waals surface area contributed by atoms with Crippen molar-refractivity contribution in [3.63, 3.8) is 0 Å². The van der Waals surface area contributed by atoms with Gasteiger partial charge in [-0.3, -0.25) is 4.79 Å². The van der Waals surface area contributed by atoms with Crippen molar-refractivity contribution in [2.45, 2.75) is 13.8 Å². The maximum Gasteiger partial charge on any atom is 0.291 e. The first-order valence-electron chi connectivity index (χ1n) is 7.59. The molecular weight excluding hydrogens is 359 g/mol. The lowest BCUT2D eigenvalue weighted by Gasteiger charge is -2.09. The molecule has 0 spiro atoms. The van der Waals surface area contributed by atoms with Crippen LogP contribution in [0.1, 0.15) is 21.7 Å². The Morgan fingerprint density at radius 1 is 1.08 bits per heavy atom. The van der Waals surface area contributed by atoms with Crippen molar-refractivity contribution in [3.8, 4) is 11.3 Å². The van der Waals surface area contributed by atoms with Crippen molar-refractivity contribution in [1.29, 1.82) is 0 Å². The Bertz CT molecular complexity index is 964. The van der Waals surface area contributed by atoms with Gasteiger partial charge in [-0.25, -0.2) is 0 Å². The first kappa shape index (κ1) is 17.4. The molecule has 0 radical (unpaired) electrons. The predicted molar refractivity (Wildman–Crippen MR) is 102 cm³/mol. The number of carbonyl (C=O) groups is 1. The summed E-state index contributed by atoms with van der Waals surface area (Å²) in [5.74, 6) is 0.336. The first-order chi connectivity index (χ1) is 11.9. The second-order valence-electron chi connectivity index (χ2n) is 5.72. The summed E-state index contributed by atoms with van der Waals surface area (Å²) < 4.78 is 5.69. The second kappa shape index (κ2) is 6.82. The number of rotatable bonds is 3. The molecule has 1 amide bonds. The molecule has 2 aromatic carbocycles. The molecule has 0 fully saturated rings. The van der Waals surface area contributed by atoms with Crippen LogP contribution >= 0.6 is 23.2 Å². The third-order valence-corrected chi connectivity index (χ3v) is 4.76. The number of aryl methyl sites for hydroxylation is 1. The van der Waals surface area contributed by atoms with Crippen molar-refractivity contribution in [2.75, 3.05) is 11.1 Å². The summed E-state index contributed by atoms with van der Waals surface area (Å²) in [5.41, 5.74) is 9.38. The SMILES string of the molecule is Cc1cc(N)c(NC(=O)c2ccc(-c3cccc(Cl)c3C)o2)cc1Cl. The van der Waals surface area contributed by atoms with Gasteiger partial charge in [0.25, 0.3) is 5.91 Å². The lowest BCUT2D eigenvalue weighted by Crippen LogP contribution is -2.12. The first-order valence-corrected chi connectivity index (χ1v) is 8.34. The number of anilines is 2. The molecular formula is C19H16Cl2N2O2. The molecule has 0 unspecified atom stereocenters. The van der Waals surface area contributed by atoms with Gasteiger partial charge < -0.3 is 15.5 Å². The molecule has 4 nitrogen and oxygen atoms in total. The van der Waals surface area contributed by atoms with Gasteiger partial charge in [0.15, 0.2) is 5.76 Å². The molecule has 0 aliphatic carbocycles. The maximum absolute atomic E-state index is 12.4. The largest absolute Gasteiger partial charge is 0.451 e. The fourth-order valence-electron chi connectivity index (χ4n) is 2.48. The molecule has 3 aromatic rings. The average Bonchev–Trinajstić information content (AvgIpc) is 3.05. The van der Waals surface area contributed by atoms with Gasteiger partial charge in [0, 0.05) is 15.6 Å². The quantitative estimate of drug-likeness (QED) is 0.577. The van der Waals surface area contributed by atoms with E-state index in [1.54, 1.807) is 30.3 Å². The number of hydrogen-bond donors (Lipinski definition) is 2. The van der Waals surface area contributed by atoms with Gasteiger partial charge in [0.2, 0.25) is 0 Å². The molecule has 0 saturated carbocycles. The zero-order valence-electron chi connectivity index (χ0n) is 13.7. The molecule has 6 heteroatoms. The van der Waals surface area contributed by atoms with Crippen molar-refractivity contribution in [1.82, 2.24) is 0 Å². The molecule has 3 rings (SSSR count). The van der Waals surface area contributed by atoms with Crippen LogP contribution < -0.4 is 11.1 Å². The number of carbonyl (C=O) groups excluding carboxylic acids is 1. The highest BCUT2D eigenvalue weighted by molar-refractivity contribution is 6.32. The fourth-order valence-corrected chi connectivity index (χ4v) is 2.81. The van der Waals surface area contributed by atoms with E-state index < -0.39 is 5.91 Å². The number of nitrogen functional groups attached to an aromatic ring is 1. The Morgan fingerprint density at radius 2 is 1.84 bits per heavy atom. The van der Waals surface area contributed by atoms with E-state index in [0.29, 0.717) is 27.2 Å². The molecule has 1 aromatic heterocycles. The summed E-state index contributed by atoms with van der Waals surface area (Å²) in [5, 5.41) is 3.88. The number of nitrogens with one attached hydrogen (secondary N) is 1. The third-order valence-electron chi connectivity index (χ3n) is 3.94. The number of benzene rings is 2. The molecule has 128 valence electrons.